The van der Waals surface area contributed by atoms with Crippen molar-refractivity contribution in [2.75, 3.05) is 18.4 Å². The summed E-state index contributed by atoms with van der Waals surface area (Å²) in [5.74, 6) is -0.769. The molecule has 0 saturated carbocycles. The molecule has 3 aromatic rings. The highest BCUT2D eigenvalue weighted by Gasteiger charge is 2.34. The number of hydrogen-bond donors (Lipinski definition) is 2. The lowest BCUT2D eigenvalue weighted by atomic mass is 10.1. The van der Waals surface area contributed by atoms with Gasteiger partial charge in [0.1, 0.15) is 5.69 Å². The van der Waals surface area contributed by atoms with Crippen molar-refractivity contribution in [3.63, 3.8) is 0 Å². The van der Waals surface area contributed by atoms with Crippen LogP contribution in [0.4, 0.5) is 24.8 Å². The van der Waals surface area contributed by atoms with Gasteiger partial charge < -0.3 is 10.6 Å². The zero-order valence-electron chi connectivity index (χ0n) is 19.5. The van der Waals surface area contributed by atoms with E-state index in [9.17, 15) is 36.5 Å². The SMILES string of the molecule is O=C(NCc1sccc1S(=O)(=O)N1CCC(Nc2nccc(C(F)(F)F)n2)CC1)c1cccc([N+](=O)[O-])c1. The number of non-ortho nitro benzene ring substituents is 1. The van der Waals surface area contributed by atoms with Gasteiger partial charge in [0, 0.05) is 47.9 Å². The lowest BCUT2D eigenvalue weighted by molar-refractivity contribution is -0.384. The number of amides is 1. The van der Waals surface area contributed by atoms with Crippen LogP contribution in [0.1, 0.15) is 33.8 Å². The number of anilines is 1. The predicted octanol–water partition coefficient (Wildman–Crippen LogP) is 3.66. The molecule has 1 aliphatic rings. The minimum Gasteiger partial charge on any atom is -0.351 e. The Morgan fingerprint density at radius 1 is 1.21 bits per heavy atom. The summed E-state index contributed by atoms with van der Waals surface area (Å²) in [6.07, 6.45) is -2.95. The van der Waals surface area contributed by atoms with E-state index in [0.717, 1.165) is 29.7 Å². The normalized spacial score (nSPS) is 15.2. The molecule has 1 aromatic carbocycles. The van der Waals surface area contributed by atoms with Gasteiger partial charge in [0.2, 0.25) is 16.0 Å². The molecule has 202 valence electrons. The van der Waals surface area contributed by atoms with Crippen molar-refractivity contribution < 1.29 is 31.3 Å². The third-order valence-corrected chi connectivity index (χ3v) is 8.82. The summed E-state index contributed by atoms with van der Waals surface area (Å²) in [5.41, 5.74) is -1.24. The number of nitro benzene ring substituents is 1. The fraction of sp³-hybridized carbons (Fsp3) is 0.318. The summed E-state index contributed by atoms with van der Waals surface area (Å²) in [4.78, 5) is 30.5. The molecular weight excluding hydrogens is 549 g/mol. The highest BCUT2D eigenvalue weighted by atomic mass is 32.2. The molecule has 0 atom stereocenters. The van der Waals surface area contributed by atoms with E-state index in [1.54, 1.807) is 5.38 Å². The summed E-state index contributed by atoms with van der Waals surface area (Å²) in [5, 5.41) is 18.0. The maximum atomic E-state index is 13.3. The van der Waals surface area contributed by atoms with Crippen molar-refractivity contribution in [1.29, 1.82) is 0 Å². The van der Waals surface area contributed by atoms with Gasteiger partial charge in [-0.3, -0.25) is 14.9 Å². The quantitative estimate of drug-likeness (QED) is 0.308. The number of carbonyl (C=O) groups excluding carboxylic acids is 1. The van der Waals surface area contributed by atoms with Crippen LogP contribution in [0.2, 0.25) is 0 Å². The van der Waals surface area contributed by atoms with Gasteiger partial charge in [-0.05, 0) is 36.4 Å². The number of benzene rings is 1. The summed E-state index contributed by atoms with van der Waals surface area (Å²) in [6.45, 7) is 0.140. The van der Waals surface area contributed by atoms with E-state index >= 15 is 0 Å². The van der Waals surface area contributed by atoms with Crippen LogP contribution in [0.3, 0.4) is 0 Å². The Balaban J connectivity index is 1.37. The van der Waals surface area contributed by atoms with E-state index in [4.69, 9.17) is 0 Å². The number of aromatic nitrogens is 2. The standard InChI is InChI=1S/C22H21F3N6O5S2/c23-22(24,25)19-4-8-26-21(29-19)28-15-5-9-30(10-6-15)38(35,36)18-7-11-37-17(18)13-27-20(32)14-2-1-3-16(12-14)31(33)34/h1-4,7-8,11-12,15H,5-6,9-10,13H2,(H,27,32)(H,26,28,29). The lowest BCUT2D eigenvalue weighted by Gasteiger charge is -2.31. The molecule has 1 aliphatic heterocycles. The van der Waals surface area contributed by atoms with Gasteiger partial charge in [-0.1, -0.05) is 6.07 Å². The molecule has 38 heavy (non-hydrogen) atoms. The van der Waals surface area contributed by atoms with Crippen LogP contribution in [0.15, 0.2) is 52.9 Å². The zero-order valence-corrected chi connectivity index (χ0v) is 21.1. The molecule has 11 nitrogen and oxygen atoms in total. The largest absolute Gasteiger partial charge is 0.433 e. The second-order valence-corrected chi connectivity index (χ2v) is 11.2. The van der Waals surface area contributed by atoms with Gasteiger partial charge in [-0.2, -0.15) is 17.5 Å². The number of nitrogens with one attached hydrogen (secondary N) is 2. The number of carbonyl (C=O) groups is 1. The summed E-state index contributed by atoms with van der Waals surface area (Å²) < 4.78 is 66.5. The molecule has 2 N–H and O–H groups in total. The van der Waals surface area contributed by atoms with Crippen LogP contribution in [0.5, 0.6) is 0 Å². The second-order valence-electron chi connectivity index (χ2n) is 8.28. The van der Waals surface area contributed by atoms with E-state index < -0.39 is 32.7 Å². The van der Waals surface area contributed by atoms with Crippen molar-refractivity contribution in [1.82, 2.24) is 19.6 Å². The monoisotopic (exact) mass is 570 g/mol. The number of alkyl halides is 3. The van der Waals surface area contributed by atoms with Crippen LogP contribution >= 0.6 is 11.3 Å². The highest BCUT2D eigenvalue weighted by molar-refractivity contribution is 7.89. The van der Waals surface area contributed by atoms with Crippen LogP contribution in [0, 0.1) is 10.1 Å². The van der Waals surface area contributed by atoms with Gasteiger partial charge in [-0.15, -0.1) is 11.3 Å². The molecule has 0 aliphatic carbocycles. The lowest BCUT2D eigenvalue weighted by Crippen LogP contribution is -2.42. The Hall–Kier alpha value is -3.63. The molecule has 0 bridgehead atoms. The van der Waals surface area contributed by atoms with E-state index in [0.29, 0.717) is 17.7 Å². The minimum atomic E-state index is -4.60. The highest BCUT2D eigenvalue weighted by Crippen LogP contribution is 2.29. The van der Waals surface area contributed by atoms with Crippen molar-refractivity contribution in [3.05, 3.63) is 74.2 Å². The van der Waals surface area contributed by atoms with Crippen molar-refractivity contribution in [2.24, 2.45) is 0 Å². The van der Waals surface area contributed by atoms with E-state index in [2.05, 4.69) is 20.6 Å². The van der Waals surface area contributed by atoms with Crippen molar-refractivity contribution >= 4 is 38.9 Å². The molecule has 3 heterocycles. The van der Waals surface area contributed by atoms with E-state index in [1.807, 2.05) is 0 Å². The predicted molar refractivity (Wildman–Crippen MR) is 131 cm³/mol. The number of thiophene rings is 1. The number of sulfonamides is 1. The van der Waals surface area contributed by atoms with E-state index in [-0.39, 0.29) is 47.8 Å². The fourth-order valence-corrected chi connectivity index (χ4v) is 6.68. The van der Waals surface area contributed by atoms with Crippen molar-refractivity contribution in [2.45, 2.75) is 36.5 Å². The number of piperidine rings is 1. The van der Waals surface area contributed by atoms with Crippen LogP contribution in [0.25, 0.3) is 0 Å². The smallest absolute Gasteiger partial charge is 0.351 e. The molecular formula is C22H21F3N6O5S2. The topological polar surface area (TPSA) is 147 Å². The molecule has 1 amide bonds. The molecule has 1 fully saturated rings. The number of nitrogens with zero attached hydrogens (tertiary/aromatic N) is 4. The Labute approximate surface area is 218 Å². The molecule has 0 unspecified atom stereocenters. The van der Waals surface area contributed by atoms with E-state index in [1.165, 1.54) is 28.6 Å². The van der Waals surface area contributed by atoms with Crippen LogP contribution in [-0.4, -0.2) is 52.7 Å². The fourth-order valence-electron chi connectivity index (χ4n) is 3.86. The Morgan fingerprint density at radius 2 is 1.95 bits per heavy atom. The van der Waals surface area contributed by atoms with Gasteiger partial charge in [0.25, 0.3) is 11.6 Å². The average molecular weight is 571 g/mol. The number of nitro groups is 1. The Bertz CT molecular complexity index is 1440. The minimum absolute atomic E-state index is 0.0365. The third kappa shape index (κ3) is 6.25. The maximum absolute atomic E-state index is 13.3. The second kappa shape index (κ2) is 11.0. The van der Waals surface area contributed by atoms with Crippen LogP contribution < -0.4 is 10.6 Å². The van der Waals surface area contributed by atoms with Gasteiger partial charge >= 0.3 is 6.18 Å². The number of hydrogen-bond acceptors (Lipinski definition) is 9. The Kier molecular flexibility index (Phi) is 7.94. The summed E-state index contributed by atoms with van der Waals surface area (Å²) >= 11 is 1.14. The molecule has 16 heteroatoms. The van der Waals surface area contributed by atoms with Gasteiger partial charge in [-0.25, -0.2) is 18.4 Å². The Morgan fingerprint density at radius 3 is 2.63 bits per heavy atom. The van der Waals surface area contributed by atoms with Crippen LogP contribution in [-0.2, 0) is 22.7 Å². The summed E-state index contributed by atoms with van der Waals surface area (Å²) in [7, 11) is -3.91. The number of halogens is 3. The third-order valence-electron chi connectivity index (χ3n) is 5.78. The first-order valence-electron chi connectivity index (χ1n) is 11.2. The maximum Gasteiger partial charge on any atom is 0.433 e. The first-order chi connectivity index (χ1) is 17.9. The first-order valence-corrected chi connectivity index (χ1v) is 13.5. The average Bonchev–Trinajstić information content (AvgIpc) is 3.37. The zero-order chi connectivity index (χ0) is 27.5. The molecule has 0 radical (unpaired) electrons. The molecule has 4 rings (SSSR count). The van der Waals surface area contributed by atoms with Crippen molar-refractivity contribution in [3.8, 4) is 0 Å². The molecule has 0 spiro atoms. The first kappa shape index (κ1) is 27.4. The molecule has 2 aromatic heterocycles. The number of rotatable bonds is 8. The van der Waals surface area contributed by atoms with Gasteiger partial charge in [0.05, 0.1) is 16.4 Å². The summed E-state index contributed by atoms with van der Waals surface area (Å²) in [6, 6.07) is 7.07. The molecule has 1 saturated heterocycles. The van der Waals surface area contributed by atoms with Gasteiger partial charge in [0.15, 0.2) is 0 Å².